The van der Waals surface area contributed by atoms with Gasteiger partial charge < -0.3 is 16.0 Å². The van der Waals surface area contributed by atoms with Crippen LogP contribution < -0.4 is 11.1 Å². The number of thiophene rings is 1. The third-order valence-electron chi connectivity index (χ3n) is 7.36. The first kappa shape index (κ1) is 27.5. The van der Waals surface area contributed by atoms with Crippen molar-refractivity contribution in [1.29, 1.82) is 0 Å². The number of likely N-dealkylation sites (tertiary alicyclic amines) is 1. The zero-order valence-electron chi connectivity index (χ0n) is 22.0. The first-order valence-electron chi connectivity index (χ1n) is 12.8. The Morgan fingerprint density at radius 3 is 2.56 bits per heavy atom. The highest BCUT2D eigenvalue weighted by molar-refractivity contribution is 7.10. The fraction of sp³-hybridized carbons (Fsp3) is 0.444. The number of nitrogens with zero attached hydrogens (tertiary/aromatic N) is 5. The van der Waals surface area contributed by atoms with Crippen LogP contribution >= 0.6 is 11.3 Å². The van der Waals surface area contributed by atoms with Crippen LogP contribution in [-0.2, 0) is 32.2 Å². The van der Waals surface area contributed by atoms with Crippen molar-refractivity contribution in [2.45, 2.75) is 44.7 Å². The summed E-state index contributed by atoms with van der Waals surface area (Å²) in [6.07, 6.45) is 0.558. The first-order chi connectivity index (χ1) is 18.5. The van der Waals surface area contributed by atoms with E-state index in [-0.39, 0.29) is 17.5 Å². The van der Waals surface area contributed by atoms with Crippen molar-refractivity contribution in [2.75, 3.05) is 44.8 Å². The highest BCUT2D eigenvalue weighted by Crippen LogP contribution is 2.34. The summed E-state index contributed by atoms with van der Waals surface area (Å²) in [5.74, 6) is -0.150. The number of rotatable bonds is 7. The Bertz CT molecular complexity index is 1330. The van der Waals surface area contributed by atoms with E-state index in [1.807, 2.05) is 14.1 Å². The lowest BCUT2D eigenvalue weighted by Crippen LogP contribution is -2.31. The number of nitrogens with one attached hydrogen (secondary N) is 1. The quantitative estimate of drug-likeness (QED) is 0.451. The van der Waals surface area contributed by atoms with Gasteiger partial charge in [-0.05, 0) is 56.3 Å². The fourth-order valence-corrected chi connectivity index (χ4v) is 6.39. The summed E-state index contributed by atoms with van der Waals surface area (Å²) in [6, 6.07) is 4.25. The number of anilines is 2. The van der Waals surface area contributed by atoms with Gasteiger partial charge in [0.05, 0.1) is 11.1 Å². The van der Waals surface area contributed by atoms with Crippen molar-refractivity contribution >= 4 is 28.9 Å². The second-order valence-corrected chi connectivity index (χ2v) is 11.4. The zero-order chi connectivity index (χ0) is 27.7. The van der Waals surface area contributed by atoms with E-state index in [4.69, 9.17) is 5.73 Å². The maximum Gasteiger partial charge on any atom is 0.416 e. The summed E-state index contributed by atoms with van der Waals surface area (Å²) in [5, 5.41) is 4.56. The van der Waals surface area contributed by atoms with Crippen LogP contribution in [0.2, 0.25) is 0 Å². The average molecular weight is 560 g/mol. The molecule has 0 bridgehead atoms. The number of carbonyl (C=O) groups is 1. The molecule has 0 radical (unpaired) electrons. The summed E-state index contributed by atoms with van der Waals surface area (Å²) >= 11 is 1.50. The molecule has 0 aliphatic carbocycles. The van der Waals surface area contributed by atoms with E-state index in [1.165, 1.54) is 17.4 Å². The summed E-state index contributed by atoms with van der Waals surface area (Å²) in [5.41, 5.74) is 7.95. The van der Waals surface area contributed by atoms with Crippen LogP contribution in [0.25, 0.3) is 0 Å². The molecule has 0 spiro atoms. The summed E-state index contributed by atoms with van der Waals surface area (Å²) in [4.78, 5) is 28.9. The lowest BCUT2D eigenvalue weighted by atomic mass is 10.0. The molecule has 1 aromatic carbocycles. The molecule has 1 unspecified atom stereocenters. The predicted octanol–water partition coefficient (Wildman–Crippen LogP) is 4.09. The molecular weight excluding hydrogens is 527 g/mol. The molecule has 2 aliphatic rings. The standard InChI is InChI=1S/C27H32F3N7OS/c1-35(2)21-3-5-36(14-21)12-17-7-19(27(28,29)30)9-20(8-17)34-25(38)23-16-39-24-15-37(6-4-22(23)24)13-18-10-32-26(31)33-11-18/h7-11,16,21H,3-6,12-15H2,1-2H3,(H,34,38)(H2,31,32,33). The molecule has 1 atom stereocenters. The van der Waals surface area contributed by atoms with Crippen LogP contribution in [-0.4, -0.2) is 70.3 Å². The number of fused-ring (bicyclic) bond motifs is 1. The minimum absolute atomic E-state index is 0.161. The number of halogens is 3. The SMILES string of the molecule is CN(C)C1CCN(Cc2cc(NC(=O)c3csc4c3CCN(Cc3cnc(N)nc3)C4)cc(C(F)(F)F)c2)C1. The van der Waals surface area contributed by atoms with Gasteiger partial charge >= 0.3 is 6.18 Å². The number of nitrogen functional groups attached to an aromatic ring is 1. The van der Waals surface area contributed by atoms with E-state index < -0.39 is 11.7 Å². The molecule has 2 aromatic heterocycles. The number of amides is 1. The second-order valence-electron chi connectivity index (χ2n) is 10.5. The van der Waals surface area contributed by atoms with Crippen LogP contribution in [0, 0.1) is 0 Å². The maximum atomic E-state index is 13.7. The number of likely N-dealkylation sites (N-methyl/N-ethyl adjacent to an activating group) is 1. The highest BCUT2D eigenvalue weighted by Gasteiger charge is 2.32. The molecule has 8 nitrogen and oxygen atoms in total. The number of nitrogens with two attached hydrogens (primary N) is 1. The van der Waals surface area contributed by atoms with E-state index >= 15 is 0 Å². The molecule has 39 heavy (non-hydrogen) atoms. The largest absolute Gasteiger partial charge is 0.416 e. The van der Waals surface area contributed by atoms with Gasteiger partial charge in [-0.25, -0.2) is 9.97 Å². The van der Waals surface area contributed by atoms with E-state index in [2.05, 4.69) is 30.0 Å². The van der Waals surface area contributed by atoms with Crippen LogP contribution in [0.1, 0.15) is 43.9 Å². The van der Waals surface area contributed by atoms with Crippen molar-refractivity contribution in [3.05, 3.63) is 68.7 Å². The number of alkyl halides is 3. The Morgan fingerprint density at radius 2 is 1.87 bits per heavy atom. The van der Waals surface area contributed by atoms with Gasteiger partial charge in [0.2, 0.25) is 5.95 Å². The Hall–Kier alpha value is -3.06. The Labute approximate surface area is 229 Å². The van der Waals surface area contributed by atoms with Gasteiger partial charge in [-0.1, -0.05) is 0 Å². The van der Waals surface area contributed by atoms with E-state index in [0.29, 0.717) is 43.2 Å². The van der Waals surface area contributed by atoms with Gasteiger partial charge in [-0.3, -0.25) is 14.6 Å². The van der Waals surface area contributed by atoms with Crippen LogP contribution in [0.3, 0.4) is 0 Å². The number of hydrogen-bond donors (Lipinski definition) is 2. The molecule has 2 aliphatic heterocycles. The lowest BCUT2D eigenvalue weighted by molar-refractivity contribution is -0.137. The normalized spacial score (nSPS) is 18.5. The fourth-order valence-electron chi connectivity index (χ4n) is 5.26. The number of hydrogen-bond acceptors (Lipinski definition) is 8. The summed E-state index contributed by atoms with van der Waals surface area (Å²) in [6.45, 7) is 4.11. The van der Waals surface area contributed by atoms with Crippen molar-refractivity contribution in [3.63, 3.8) is 0 Å². The number of benzene rings is 1. The second kappa shape index (κ2) is 11.2. The van der Waals surface area contributed by atoms with Gasteiger partial charge in [0.1, 0.15) is 0 Å². The Balaban J connectivity index is 1.29. The molecule has 3 N–H and O–H groups in total. The molecule has 1 amide bonds. The van der Waals surface area contributed by atoms with Gasteiger partial charge in [-0.15, -0.1) is 11.3 Å². The van der Waals surface area contributed by atoms with Gasteiger partial charge in [0.25, 0.3) is 5.91 Å². The molecule has 4 heterocycles. The lowest BCUT2D eigenvalue weighted by Gasteiger charge is -2.27. The van der Waals surface area contributed by atoms with Gasteiger partial charge in [0.15, 0.2) is 0 Å². The third kappa shape index (κ3) is 6.57. The van der Waals surface area contributed by atoms with Crippen LogP contribution in [0.4, 0.5) is 24.8 Å². The van der Waals surface area contributed by atoms with Gasteiger partial charge in [0, 0.05) is 79.2 Å². The van der Waals surface area contributed by atoms with Crippen molar-refractivity contribution in [3.8, 4) is 0 Å². The van der Waals surface area contributed by atoms with E-state index in [0.717, 1.165) is 48.1 Å². The molecule has 3 aromatic rings. The number of aromatic nitrogens is 2. The minimum atomic E-state index is -4.51. The first-order valence-corrected chi connectivity index (χ1v) is 13.7. The average Bonchev–Trinajstić information content (AvgIpc) is 3.52. The topological polar surface area (TPSA) is 90.6 Å². The Morgan fingerprint density at radius 1 is 1.13 bits per heavy atom. The molecule has 5 rings (SSSR count). The summed E-state index contributed by atoms with van der Waals surface area (Å²) in [7, 11) is 4.03. The van der Waals surface area contributed by atoms with Crippen molar-refractivity contribution in [2.24, 2.45) is 0 Å². The zero-order valence-corrected chi connectivity index (χ0v) is 22.8. The van der Waals surface area contributed by atoms with Crippen LogP contribution in [0.5, 0.6) is 0 Å². The third-order valence-corrected chi connectivity index (χ3v) is 8.38. The molecule has 0 saturated carbocycles. The minimum Gasteiger partial charge on any atom is -0.368 e. The summed E-state index contributed by atoms with van der Waals surface area (Å²) < 4.78 is 41.2. The smallest absolute Gasteiger partial charge is 0.368 e. The van der Waals surface area contributed by atoms with Gasteiger partial charge in [-0.2, -0.15) is 13.2 Å². The molecule has 12 heteroatoms. The Kier molecular flexibility index (Phi) is 7.90. The molecule has 208 valence electrons. The van der Waals surface area contributed by atoms with Crippen LogP contribution in [0.15, 0.2) is 36.0 Å². The highest BCUT2D eigenvalue weighted by atomic mass is 32.1. The molecule has 1 saturated heterocycles. The van der Waals surface area contributed by atoms with E-state index in [1.54, 1.807) is 23.8 Å². The molecule has 1 fully saturated rings. The van der Waals surface area contributed by atoms with Crippen molar-refractivity contribution < 1.29 is 18.0 Å². The number of carbonyl (C=O) groups excluding carboxylic acids is 1. The van der Waals surface area contributed by atoms with E-state index in [9.17, 15) is 18.0 Å². The predicted molar refractivity (Wildman–Crippen MR) is 145 cm³/mol. The monoisotopic (exact) mass is 559 g/mol. The maximum absolute atomic E-state index is 13.7. The van der Waals surface area contributed by atoms with Crippen molar-refractivity contribution in [1.82, 2.24) is 24.7 Å². The molecular formula is C27H32F3N7OS.